The Bertz CT molecular complexity index is 1040. The molecule has 1 amide bonds. The zero-order valence-electron chi connectivity index (χ0n) is 15.7. The van der Waals surface area contributed by atoms with Crippen LogP contribution in [0.1, 0.15) is 24.3 Å². The van der Waals surface area contributed by atoms with Gasteiger partial charge in [0.25, 0.3) is 0 Å². The molecule has 0 N–H and O–H groups in total. The molecule has 0 spiro atoms. The summed E-state index contributed by atoms with van der Waals surface area (Å²) in [5.41, 5.74) is 1.95. The van der Waals surface area contributed by atoms with Gasteiger partial charge in [-0.15, -0.1) is 13.2 Å². The zero-order chi connectivity index (χ0) is 21.1. The van der Waals surface area contributed by atoms with Gasteiger partial charge in [-0.2, -0.15) is 4.98 Å². The smallest absolute Gasteiger partial charge is 0.406 e. The van der Waals surface area contributed by atoms with Crippen molar-refractivity contribution in [2.75, 3.05) is 11.4 Å². The molecule has 10 heteroatoms. The first-order valence-electron chi connectivity index (χ1n) is 9.31. The summed E-state index contributed by atoms with van der Waals surface area (Å²) in [6.07, 6.45) is 0.116. The predicted molar refractivity (Wildman–Crippen MR) is 99.6 cm³/mol. The number of aromatic nitrogens is 3. The van der Waals surface area contributed by atoms with Crippen LogP contribution in [0.25, 0.3) is 11.4 Å². The summed E-state index contributed by atoms with van der Waals surface area (Å²) in [6, 6.07) is 7.60. The lowest BCUT2D eigenvalue weighted by atomic mass is 10.0. The molecular formula is C20H17F3N4O3. The lowest BCUT2D eigenvalue weighted by Crippen LogP contribution is -2.35. The van der Waals surface area contributed by atoms with Crippen LogP contribution in [0.3, 0.4) is 0 Å². The molecule has 4 rings (SSSR count). The monoisotopic (exact) mass is 418 g/mol. The average Bonchev–Trinajstić information content (AvgIpc) is 3.20. The molecule has 0 atom stereocenters. The molecule has 156 valence electrons. The molecule has 0 bridgehead atoms. The quantitative estimate of drug-likeness (QED) is 0.624. The van der Waals surface area contributed by atoms with Crippen LogP contribution < -0.4 is 9.64 Å². The normalized spacial score (nSPS) is 13.8. The van der Waals surface area contributed by atoms with Crippen LogP contribution in [0.5, 0.6) is 5.75 Å². The molecule has 30 heavy (non-hydrogen) atoms. The average molecular weight is 418 g/mol. The number of rotatable bonds is 5. The van der Waals surface area contributed by atoms with E-state index in [9.17, 15) is 18.0 Å². The number of halogens is 3. The van der Waals surface area contributed by atoms with Crippen LogP contribution in [0.2, 0.25) is 0 Å². The van der Waals surface area contributed by atoms with Gasteiger partial charge in [0, 0.05) is 43.0 Å². The summed E-state index contributed by atoms with van der Waals surface area (Å²) in [5, 5.41) is 3.89. The van der Waals surface area contributed by atoms with Crippen molar-refractivity contribution in [3.63, 3.8) is 0 Å². The molecule has 2 aromatic heterocycles. The summed E-state index contributed by atoms with van der Waals surface area (Å²) in [4.78, 5) is 22.6. The van der Waals surface area contributed by atoms with Gasteiger partial charge in [-0.05, 0) is 48.7 Å². The van der Waals surface area contributed by atoms with Crippen LogP contribution in [0.15, 0.2) is 47.2 Å². The Hall–Kier alpha value is -3.43. The molecule has 1 aliphatic rings. The lowest BCUT2D eigenvalue weighted by molar-refractivity contribution is -0.274. The third-order valence-electron chi connectivity index (χ3n) is 4.64. The first-order valence-corrected chi connectivity index (χ1v) is 9.31. The maximum atomic E-state index is 12.7. The van der Waals surface area contributed by atoms with Gasteiger partial charge in [0.15, 0.2) is 0 Å². The lowest BCUT2D eigenvalue weighted by Gasteiger charge is -2.30. The van der Waals surface area contributed by atoms with Crippen LogP contribution in [-0.4, -0.2) is 33.9 Å². The Morgan fingerprint density at radius 2 is 2.13 bits per heavy atom. The molecule has 0 aliphatic carbocycles. The second-order valence-electron chi connectivity index (χ2n) is 6.74. The van der Waals surface area contributed by atoms with Crippen LogP contribution in [0, 0.1) is 0 Å². The van der Waals surface area contributed by atoms with Gasteiger partial charge in [0.1, 0.15) is 5.75 Å². The fourth-order valence-electron chi connectivity index (χ4n) is 3.35. The van der Waals surface area contributed by atoms with Crippen LogP contribution >= 0.6 is 0 Å². The predicted octanol–water partition coefficient (Wildman–Crippen LogP) is 3.94. The highest BCUT2D eigenvalue weighted by atomic mass is 19.4. The summed E-state index contributed by atoms with van der Waals surface area (Å²) in [6.45, 7) is 0.496. The maximum Gasteiger partial charge on any atom is 0.573 e. The number of hydrogen-bond donors (Lipinski definition) is 0. The van der Waals surface area contributed by atoms with E-state index in [1.54, 1.807) is 29.4 Å². The van der Waals surface area contributed by atoms with Gasteiger partial charge in [-0.1, -0.05) is 5.16 Å². The zero-order valence-corrected chi connectivity index (χ0v) is 15.7. The van der Waals surface area contributed by atoms with E-state index in [0.29, 0.717) is 47.9 Å². The molecule has 0 fully saturated rings. The molecule has 3 heterocycles. The number of hydrogen-bond acceptors (Lipinski definition) is 6. The summed E-state index contributed by atoms with van der Waals surface area (Å²) >= 11 is 0. The number of nitrogens with zero attached hydrogens (tertiary/aromatic N) is 4. The highest BCUT2D eigenvalue weighted by Crippen LogP contribution is 2.33. The van der Waals surface area contributed by atoms with E-state index in [0.717, 1.165) is 0 Å². The van der Waals surface area contributed by atoms with Crippen LogP contribution in [0.4, 0.5) is 18.9 Å². The Morgan fingerprint density at radius 1 is 1.27 bits per heavy atom. The first-order chi connectivity index (χ1) is 14.4. The molecule has 3 aromatic rings. The fourth-order valence-corrected chi connectivity index (χ4v) is 3.35. The second kappa shape index (κ2) is 8.13. The van der Waals surface area contributed by atoms with E-state index in [1.165, 1.54) is 18.2 Å². The summed E-state index contributed by atoms with van der Waals surface area (Å²) < 4.78 is 46.5. The summed E-state index contributed by atoms with van der Waals surface area (Å²) in [7, 11) is 0. The Balaban J connectivity index is 1.42. The van der Waals surface area contributed by atoms with E-state index >= 15 is 0 Å². The third kappa shape index (κ3) is 4.58. The molecule has 0 saturated carbocycles. The van der Waals surface area contributed by atoms with Crippen molar-refractivity contribution in [1.82, 2.24) is 15.1 Å². The number of ether oxygens (including phenoxy) is 1. The van der Waals surface area contributed by atoms with Gasteiger partial charge in [0.2, 0.25) is 17.6 Å². The number of fused-ring (bicyclic) bond motifs is 1. The number of pyridine rings is 1. The van der Waals surface area contributed by atoms with Crippen LogP contribution in [-0.2, 0) is 17.6 Å². The van der Waals surface area contributed by atoms with E-state index in [4.69, 9.17) is 4.52 Å². The van der Waals surface area contributed by atoms with Gasteiger partial charge < -0.3 is 14.2 Å². The summed E-state index contributed by atoms with van der Waals surface area (Å²) in [5.74, 6) is 0.269. The Kier molecular flexibility index (Phi) is 5.39. The van der Waals surface area contributed by atoms with Gasteiger partial charge in [-0.3, -0.25) is 9.78 Å². The van der Waals surface area contributed by atoms with Gasteiger partial charge in [0.05, 0.1) is 0 Å². The molecule has 0 unspecified atom stereocenters. The molecule has 1 aliphatic heterocycles. The molecule has 0 radical (unpaired) electrons. The number of alkyl halides is 3. The van der Waals surface area contributed by atoms with Crippen molar-refractivity contribution in [3.05, 3.63) is 54.2 Å². The molecule has 1 aromatic carbocycles. The SMILES string of the molecule is O=C(CCc1nc(-c2cccnc2)no1)N1CCCc2cc(OC(F)(F)F)ccc21. The third-order valence-corrected chi connectivity index (χ3v) is 4.64. The van der Waals surface area contributed by atoms with Crippen molar-refractivity contribution in [3.8, 4) is 17.1 Å². The topological polar surface area (TPSA) is 81.3 Å². The number of anilines is 1. The first kappa shape index (κ1) is 19.9. The minimum Gasteiger partial charge on any atom is -0.406 e. The van der Waals surface area contributed by atoms with E-state index in [-0.39, 0.29) is 24.5 Å². The van der Waals surface area contributed by atoms with E-state index < -0.39 is 6.36 Å². The van der Waals surface area contributed by atoms with Crippen molar-refractivity contribution < 1.29 is 27.2 Å². The molecular weight excluding hydrogens is 401 g/mol. The maximum absolute atomic E-state index is 12.7. The Morgan fingerprint density at radius 3 is 2.90 bits per heavy atom. The standard InChI is InChI=1S/C20H17F3N4O3/c21-20(22,23)29-15-5-6-16-13(11-15)4-2-10-27(16)18(28)8-7-17-25-19(26-30-17)14-3-1-9-24-12-14/h1,3,5-6,9,11-12H,2,4,7-8,10H2. The largest absolute Gasteiger partial charge is 0.573 e. The highest BCUT2D eigenvalue weighted by Gasteiger charge is 2.32. The van der Waals surface area contributed by atoms with Crippen molar-refractivity contribution in [1.29, 1.82) is 0 Å². The molecule has 7 nitrogen and oxygen atoms in total. The Labute approximate surface area is 169 Å². The molecule has 0 saturated heterocycles. The van der Waals surface area contributed by atoms with Crippen molar-refractivity contribution in [2.45, 2.75) is 32.0 Å². The minimum absolute atomic E-state index is 0.134. The number of benzene rings is 1. The highest BCUT2D eigenvalue weighted by molar-refractivity contribution is 5.94. The van der Waals surface area contributed by atoms with E-state index in [1.807, 2.05) is 0 Å². The second-order valence-corrected chi connectivity index (χ2v) is 6.74. The van der Waals surface area contributed by atoms with Crippen molar-refractivity contribution >= 4 is 11.6 Å². The minimum atomic E-state index is -4.75. The van der Waals surface area contributed by atoms with E-state index in [2.05, 4.69) is 19.9 Å². The van der Waals surface area contributed by atoms with Crippen molar-refractivity contribution in [2.24, 2.45) is 0 Å². The number of carbonyl (C=O) groups is 1. The fraction of sp³-hybridized carbons (Fsp3) is 0.300. The number of amides is 1. The van der Waals surface area contributed by atoms with Gasteiger partial charge >= 0.3 is 6.36 Å². The number of aryl methyl sites for hydroxylation is 2. The van der Waals surface area contributed by atoms with Gasteiger partial charge in [-0.25, -0.2) is 0 Å². The number of carbonyl (C=O) groups excluding carboxylic acids is 1.